The lowest BCUT2D eigenvalue weighted by Gasteiger charge is -2.33. The van der Waals surface area contributed by atoms with Crippen molar-refractivity contribution in [2.75, 3.05) is 0 Å². The summed E-state index contributed by atoms with van der Waals surface area (Å²) in [5.41, 5.74) is -0.185. The van der Waals surface area contributed by atoms with E-state index in [9.17, 15) is 14.4 Å². The Bertz CT molecular complexity index is 920. The quantitative estimate of drug-likeness (QED) is 0.786. The Balaban J connectivity index is 0.000000198. The number of aldehydes is 1. The van der Waals surface area contributed by atoms with Crippen LogP contribution in [0.3, 0.4) is 0 Å². The number of aliphatic carboxylic acids is 2. The highest BCUT2D eigenvalue weighted by Crippen LogP contribution is 2.39. The second-order valence-corrected chi connectivity index (χ2v) is 6.52. The van der Waals surface area contributed by atoms with E-state index in [1.54, 1.807) is 19.9 Å². The normalized spacial score (nSPS) is 21.0. The number of carboxylic acids is 2. The van der Waals surface area contributed by atoms with Gasteiger partial charge in [0.15, 0.2) is 6.29 Å². The van der Waals surface area contributed by atoms with Crippen LogP contribution in [-0.2, 0) is 9.59 Å². The standard InChI is InChI=1S/C11H14O4.C11H8O/c1-3-8-7(9(12)13)5-4-6-11(8,2)10(14)15;12-8-10-6-3-5-9-4-1-2-7-11(9)10/h4-6,8H,3H2,1-2H3,(H,12,13)(H,14,15);1-8H. The van der Waals surface area contributed by atoms with Gasteiger partial charge in [0.25, 0.3) is 0 Å². The molecule has 2 aromatic rings. The first-order valence-electron chi connectivity index (χ1n) is 8.64. The summed E-state index contributed by atoms with van der Waals surface area (Å²) in [5, 5.41) is 20.2. The molecule has 2 aromatic carbocycles. The number of hydrogen-bond donors (Lipinski definition) is 2. The molecule has 2 atom stereocenters. The van der Waals surface area contributed by atoms with Crippen LogP contribution in [0.15, 0.2) is 66.3 Å². The van der Waals surface area contributed by atoms with Gasteiger partial charge in [-0.2, -0.15) is 0 Å². The lowest BCUT2D eigenvalue weighted by atomic mass is 9.69. The SMILES string of the molecule is CCC1C(C(=O)O)=CC=CC1(C)C(=O)O.O=Cc1cccc2ccccc12. The Morgan fingerprint density at radius 3 is 2.37 bits per heavy atom. The molecule has 5 heteroatoms. The molecule has 0 aliphatic heterocycles. The van der Waals surface area contributed by atoms with E-state index in [4.69, 9.17) is 10.2 Å². The predicted octanol–water partition coefficient (Wildman–Crippen LogP) is 4.34. The average molecular weight is 366 g/mol. The van der Waals surface area contributed by atoms with Gasteiger partial charge in [-0.25, -0.2) is 4.79 Å². The highest BCUT2D eigenvalue weighted by Gasteiger charge is 2.43. The van der Waals surface area contributed by atoms with Crippen molar-refractivity contribution in [1.29, 1.82) is 0 Å². The maximum atomic E-state index is 11.1. The maximum absolute atomic E-state index is 11.1. The first kappa shape index (κ1) is 20.1. The molecule has 0 fully saturated rings. The molecular weight excluding hydrogens is 344 g/mol. The van der Waals surface area contributed by atoms with Crippen LogP contribution < -0.4 is 0 Å². The molecule has 0 radical (unpaired) electrons. The third-order valence-electron chi connectivity index (χ3n) is 4.88. The van der Waals surface area contributed by atoms with E-state index in [0.717, 1.165) is 22.6 Å². The summed E-state index contributed by atoms with van der Waals surface area (Å²) >= 11 is 0. The van der Waals surface area contributed by atoms with Crippen LogP contribution in [0.2, 0.25) is 0 Å². The van der Waals surface area contributed by atoms with Gasteiger partial charge in [-0.3, -0.25) is 9.59 Å². The van der Waals surface area contributed by atoms with Crippen LogP contribution in [-0.4, -0.2) is 28.4 Å². The summed E-state index contributed by atoms with van der Waals surface area (Å²) in [4.78, 5) is 32.7. The van der Waals surface area contributed by atoms with Crippen molar-refractivity contribution < 1.29 is 24.6 Å². The molecule has 2 unspecified atom stereocenters. The van der Waals surface area contributed by atoms with Crippen molar-refractivity contribution in [2.24, 2.45) is 11.3 Å². The Labute approximate surface area is 157 Å². The number of rotatable bonds is 4. The van der Waals surface area contributed by atoms with Crippen molar-refractivity contribution in [3.8, 4) is 0 Å². The highest BCUT2D eigenvalue weighted by molar-refractivity contribution is 5.97. The van der Waals surface area contributed by atoms with Crippen LogP contribution in [0.4, 0.5) is 0 Å². The zero-order chi connectivity index (χ0) is 20.0. The molecule has 5 nitrogen and oxygen atoms in total. The van der Waals surface area contributed by atoms with Gasteiger partial charge in [0.2, 0.25) is 0 Å². The average Bonchev–Trinajstić information content (AvgIpc) is 2.67. The Morgan fingerprint density at radius 1 is 1.11 bits per heavy atom. The van der Waals surface area contributed by atoms with E-state index in [2.05, 4.69) is 0 Å². The minimum Gasteiger partial charge on any atom is -0.481 e. The van der Waals surface area contributed by atoms with Crippen molar-refractivity contribution in [3.05, 3.63) is 71.8 Å². The minimum absolute atomic E-state index is 0.171. The van der Waals surface area contributed by atoms with Gasteiger partial charge in [0.1, 0.15) is 0 Å². The Kier molecular flexibility index (Phi) is 6.29. The number of allylic oxidation sites excluding steroid dienone is 2. The predicted molar refractivity (Wildman–Crippen MR) is 104 cm³/mol. The summed E-state index contributed by atoms with van der Waals surface area (Å²) < 4.78 is 0. The van der Waals surface area contributed by atoms with E-state index in [-0.39, 0.29) is 5.57 Å². The summed E-state index contributed by atoms with van der Waals surface area (Å²) in [6.45, 7) is 3.34. The molecule has 0 bridgehead atoms. The number of carbonyl (C=O) groups is 3. The van der Waals surface area contributed by atoms with Crippen molar-refractivity contribution in [1.82, 2.24) is 0 Å². The van der Waals surface area contributed by atoms with Gasteiger partial charge in [-0.15, -0.1) is 0 Å². The van der Waals surface area contributed by atoms with Crippen molar-refractivity contribution in [2.45, 2.75) is 20.3 Å². The fourth-order valence-corrected chi connectivity index (χ4v) is 3.34. The van der Waals surface area contributed by atoms with Gasteiger partial charge < -0.3 is 10.2 Å². The topological polar surface area (TPSA) is 91.7 Å². The largest absolute Gasteiger partial charge is 0.481 e. The maximum Gasteiger partial charge on any atom is 0.331 e. The van der Waals surface area contributed by atoms with E-state index in [1.165, 1.54) is 12.2 Å². The summed E-state index contributed by atoms with van der Waals surface area (Å²) in [6, 6.07) is 13.6. The molecule has 0 heterocycles. The molecule has 3 rings (SSSR count). The number of benzene rings is 2. The van der Waals surface area contributed by atoms with Crippen molar-refractivity contribution in [3.63, 3.8) is 0 Å². The first-order valence-corrected chi connectivity index (χ1v) is 8.64. The molecule has 140 valence electrons. The Morgan fingerprint density at radius 2 is 1.78 bits per heavy atom. The van der Waals surface area contributed by atoms with Crippen LogP contribution in [0, 0.1) is 11.3 Å². The van der Waals surface area contributed by atoms with E-state index in [1.807, 2.05) is 42.5 Å². The van der Waals surface area contributed by atoms with E-state index < -0.39 is 23.3 Å². The third kappa shape index (κ3) is 4.14. The zero-order valence-electron chi connectivity index (χ0n) is 15.3. The Hall–Kier alpha value is -3.21. The lowest BCUT2D eigenvalue weighted by molar-refractivity contribution is -0.147. The number of carbonyl (C=O) groups excluding carboxylic acids is 1. The monoisotopic (exact) mass is 366 g/mol. The first-order chi connectivity index (χ1) is 12.8. The second-order valence-electron chi connectivity index (χ2n) is 6.52. The number of hydrogen-bond acceptors (Lipinski definition) is 3. The fraction of sp³-hybridized carbons (Fsp3) is 0.227. The van der Waals surface area contributed by atoms with Gasteiger partial charge >= 0.3 is 11.9 Å². The molecule has 27 heavy (non-hydrogen) atoms. The molecule has 2 N–H and O–H groups in total. The minimum atomic E-state index is -1.11. The lowest BCUT2D eigenvalue weighted by Crippen LogP contribution is -2.38. The van der Waals surface area contributed by atoms with E-state index >= 15 is 0 Å². The molecule has 0 aromatic heterocycles. The highest BCUT2D eigenvalue weighted by atomic mass is 16.4. The molecular formula is C22H22O5. The third-order valence-corrected chi connectivity index (χ3v) is 4.88. The van der Waals surface area contributed by atoms with Gasteiger partial charge in [0.05, 0.1) is 5.41 Å². The van der Waals surface area contributed by atoms with Gasteiger partial charge in [0, 0.05) is 17.1 Å². The molecule has 1 aliphatic carbocycles. The molecule has 0 spiro atoms. The number of fused-ring (bicyclic) bond motifs is 1. The van der Waals surface area contributed by atoms with Gasteiger partial charge in [-0.1, -0.05) is 67.6 Å². The van der Waals surface area contributed by atoms with Gasteiger partial charge in [-0.05, 0) is 24.1 Å². The fourth-order valence-electron chi connectivity index (χ4n) is 3.34. The smallest absolute Gasteiger partial charge is 0.331 e. The second kappa shape index (κ2) is 8.45. The van der Waals surface area contributed by atoms with Crippen LogP contribution >= 0.6 is 0 Å². The molecule has 0 amide bonds. The summed E-state index contributed by atoms with van der Waals surface area (Å²) in [6.07, 6.45) is 5.91. The zero-order valence-corrected chi connectivity index (χ0v) is 15.3. The van der Waals surface area contributed by atoms with Crippen LogP contribution in [0.1, 0.15) is 30.6 Å². The molecule has 0 saturated heterocycles. The van der Waals surface area contributed by atoms with Crippen LogP contribution in [0.25, 0.3) is 10.8 Å². The molecule has 0 saturated carbocycles. The summed E-state index contributed by atoms with van der Waals surface area (Å²) in [5.74, 6) is -2.51. The van der Waals surface area contributed by atoms with Crippen LogP contribution in [0.5, 0.6) is 0 Å². The molecule has 1 aliphatic rings. The summed E-state index contributed by atoms with van der Waals surface area (Å²) in [7, 11) is 0. The number of carboxylic acid groups (broad SMARTS) is 2. The van der Waals surface area contributed by atoms with Crippen molar-refractivity contribution >= 4 is 29.0 Å². The van der Waals surface area contributed by atoms with E-state index in [0.29, 0.717) is 6.42 Å².